The number of rotatable bonds is 3. The van der Waals surface area contributed by atoms with Crippen molar-refractivity contribution in [2.45, 2.75) is 13.8 Å². The molecule has 0 saturated carbocycles. The fourth-order valence-electron chi connectivity index (χ4n) is 2.85. The van der Waals surface area contributed by atoms with E-state index in [0.717, 1.165) is 11.4 Å². The van der Waals surface area contributed by atoms with Gasteiger partial charge in [0.1, 0.15) is 0 Å². The van der Waals surface area contributed by atoms with E-state index in [9.17, 15) is 4.79 Å². The molecule has 2 heterocycles. The van der Waals surface area contributed by atoms with Crippen molar-refractivity contribution in [3.63, 3.8) is 0 Å². The van der Waals surface area contributed by atoms with Gasteiger partial charge in [-0.05, 0) is 44.2 Å². The van der Waals surface area contributed by atoms with Gasteiger partial charge >= 0.3 is 0 Å². The first-order chi connectivity index (χ1) is 12.6. The highest BCUT2D eigenvalue weighted by Gasteiger charge is 2.20. The molecule has 0 atom stereocenters. The Hall–Kier alpha value is -3.54. The van der Waals surface area contributed by atoms with Crippen LogP contribution in [0.15, 0.2) is 60.7 Å². The van der Waals surface area contributed by atoms with Crippen molar-refractivity contribution in [3.8, 4) is 5.82 Å². The van der Waals surface area contributed by atoms with E-state index in [0.29, 0.717) is 22.5 Å². The van der Waals surface area contributed by atoms with Crippen LogP contribution in [0.1, 0.15) is 21.9 Å². The molecule has 6 nitrogen and oxygen atoms in total. The number of amides is 1. The van der Waals surface area contributed by atoms with E-state index < -0.39 is 0 Å². The molecule has 0 unspecified atom stereocenters. The van der Waals surface area contributed by atoms with Gasteiger partial charge in [-0.2, -0.15) is 5.10 Å². The second-order valence-electron chi connectivity index (χ2n) is 6.04. The second-order valence-corrected chi connectivity index (χ2v) is 6.04. The minimum absolute atomic E-state index is 0.235. The van der Waals surface area contributed by atoms with Crippen LogP contribution in [-0.4, -0.2) is 25.7 Å². The average molecular weight is 343 g/mol. The molecule has 1 amide bonds. The lowest BCUT2D eigenvalue weighted by molar-refractivity contribution is 0.102. The maximum absolute atomic E-state index is 12.9. The van der Waals surface area contributed by atoms with Gasteiger partial charge in [-0.25, -0.2) is 14.6 Å². The van der Waals surface area contributed by atoms with E-state index in [2.05, 4.69) is 20.4 Å². The van der Waals surface area contributed by atoms with Gasteiger partial charge in [0.05, 0.1) is 16.7 Å². The van der Waals surface area contributed by atoms with Crippen molar-refractivity contribution in [1.82, 2.24) is 19.7 Å². The Balaban J connectivity index is 1.87. The third-order valence-corrected chi connectivity index (χ3v) is 4.01. The van der Waals surface area contributed by atoms with E-state index in [4.69, 9.17) is 0 Å². The summed E-state index contributed by atoms with van der Waals surface area (Å²) in [4.78, 5) is 22.1. The number of benzene rings is 2. The zero-order valence-electron chi connectivity index (χ0n) is 14.5. The predicted octanol–water partition coefficient (Wildman–Crippen LogP) is 3.68. The quantitative estimate of drug-likeness (QED) is 0.616. The zero-order valence-corrected chi connectivity index (χ0v) is 14.5. The van der Waals surface area contributed by atoms with E-state index in [1.807, 2.05) is 74.5 Å². The van der Waals surface area contributed by atoms with Crippen molar-refractivity contribution in [2.24, 2.45) is 0 Å². The molecule has 1 N–H and O–H groups in total. The van der Waals surface area contributed by atoms with Crippen LogP contribution in [0.25, 0.3) is 16.9 Å². The number of nitrogens with zero attached hydrogens (tertiary/aromatic N) is 4. The number of aromatic nitrogens is 4. The van der Waals surface area contributed by atoms with Gasteiger partial charge in [0.15, 0.2) is 11.5 Å². The van der Waals surface area contributed by atoms with Gasteiger partial charge in [0.25, 0.3) is 5.91 Å². The van der Waals surface area contributed by atoms with Crippen LogP contribution in [0.5, 0.6) is 0 Å². The van der Waals surface area contributed by atoms with Crippen molar-refractivity contribution >= 4 is 22.6 Å². The summed E-state index contributed by atoms with van der Waals surface area (Å²) in [5, 5.41) is 7.35. The summed E-state index contributed by atoms with van der Waals surface area (Å²) < 4.78 is 1.66. The van der Waals surface area contributed by atoms with Crippen LogP contribution < -0.4 is 5.32 Å². The summed E-state index contributed by atoms with van der Waals surface area (Å²) >= 11 is 0. The molecule has 4 aromatic rings. The van der Waals surface area contributed by atoms with Gasteiger partial charge in [-0.1, -0.05) is 30.3 Å². The van der Waals surface area contributed by atoms with Crippen molar-refractivity contribution in [2.75, 3.05) is 5.32 Å². The Bertz CT molecular complexity index is 1100. The number of hydrogen-bond donors (Lipinski definition) is 1. The second kappa shape index (κ2) is 6.40. The number of anilines is 1. The number of carbonyl (C=O) groups excluding carboxylic acids is 1. The lowest BCUT2D eigenvalue weighted by Crippen LogP contribution is -2.19. The summed E-state index contributed by atoms with van der Waals surface area (Å²) in [5.74, 6) is 0.0970. The minimum Gasteiger partial charge on any atom is -0.321 e. The van der Waals surface area contributed by atoms with Crippen molar-refractivity contribution in [3.05, 3.63) is 77.7 Å². The number of carbonyl (C=O) groups is 1. The van der Waals surface area contributed by atoms with E-state index in [1.165, 1.54) is 0 Å². The fourth-order valence-corrected chi connectivity index (χ4v) is 2.85. The van der Waals surface area contributed by atoms with E-state index >= 15 is 0 Å². The summed E-state index contributed by atoms with van der Waals surface area (Å²) in [6, 6.07) is 18.7. The molecule has 0 aliphatic rings. The lowest BCUT2D eigenvalue weighted by Gasteiger charge is -2.11. The molecular weight excluding hydrogens is 326 g/mol. The number of nitrogens with one attached hydrogen (secondary N) is 1. The SMILES string of the molecule is Cc1cc(C)n(-c2nc3ccccc3nc2C(=O)Nc2ccccc2)n1. The van der Waals surface area contributed by atoms with Crippen LogP contribution >= 0.6 is 0 Å². The van der Waals surface area contributed by atoms with Gasteiger partial charge in [0.2, 0.25) is 0 Å². The summed E-state index contributed by atoms with van der Waals surface area (Å²) in [7, 11) is 0. The highest BCUT2D eigenvalue weighted by molar-refractivity contribution is 6.05. The first kappa shape index (κ1) is 16.0. The van der Waals surface area contributed by atoms with Crippen molar-refractivity contribution < 1.29 is 4.79 Å². The standard InChI is InChI=1S/C20H17N5O/c1-13-12-14(2)25(24-13)19-18(20(26)21-15-8-4-3-5-9-15)22-16-10-6-7-11-17(16)23-19/h3-12H,1-2H3,(H,21,26). The molecule has 4 rings (SSSR count). The van der Waals surface area contributed by atoms with Crippen LogP contribution in [0, 0.1) is 13.8 Å². The minimum atomic E-state index is -0.322. The van der Waals surface area contributed by atoms with Crippen LogP contribution in [0.3, 0.4) is 0 Å². The molecule has 2 aromatic carbocycles. The largest absolute Gasteiger partial charge is 0.321 e. The maximum atomic E-state index is 12.9. The first-order valence-corrected chi connectivity index (χ1v) is 8.28. The van der Waals surface area contributed by atoms with Gasteiger partial charge in [-0.3, -0.25) is 4.79 Å². The molecule has 0 spiro atoms. The Morgan fingerprint density at radius 2 is 1.58 bits per heavy atom. The van der Waals surface area contributed by atoms with Gasteiger partial charge in [-0.15, -0.1) is 0 Å². The molecule has 0 aliphatic heterocycles. The van der Waals surface area contributed by atoms with Gasteiger partial charge < -0.3 is 5.32 Å². The van der Waals surface area contributed by atoms with E-state index in [1.54, 1.807) is 4.68 Å². The lowest BCUT2D eigenvalue weighted by atomic mass is 10.2. The third kappa shape index (κ3) is 2.93. The Morgan fingerprint density at radius 1 is 0.923 bits per heavy atom. The highest BCUT2D eigenvalue weighted by atomic mass is 16.1. The molecule has 0 fully saturated rings. The topological polar surface area (TPSA) is 72.7 Å². The summed E-state index contributed by atoms with van der Waals surface area (Å²) in [6.45, 7) is 3.83. The monoisotopic (exact) mass is 343 g/mol. The van der Waals surface area contributed by atoms with Crippen LogP contribution in [-0.2, 0) is 0 Å². The molecule has 128 valence electrons. The third-order valence-electron chi connectivity index (χ3n) is 4.01. The number of hydrogen-bond acceptors (Lipinski definition) is 4. The zero-order chi connectivity index (χ0) is 18.1. The molecule has 0 radical (unpaired) electrons. The smallest absolute Gasteiger partial charge is 0.278 e. The molecule has 0 saturated heterocycles. The highest BCUT2D eigenvalue weighted by Crippen LogP contribution is 2.19. The van der Waals surface area contributed by atoms with Crippen LogP contribution in [0.2, 0.25) is 0 Å². The summed E-state index contributed by atoms with van der Waals surface area (Å²) in [6.07, 6.45) is 0. The van der Waals surface area contributed by atoms with Crippen molar-refractivity contribution in [1.29, 1.82) is 0 Å². The Labute approximate surface area is 150 Å². The fraction of sp³-hybridized carbons (Fsp3) is 0.100. The molecule has 2 aromatic heterocycles. The Kier molecular flexibility index (Phi) is 3.93. The van der Waals surface area contributed by atoms with Gasteiger partial charge in [0, 0.05) is 11.4 Å². The summed E-state index contributed by atoms with van der Waals surface area (Å²) in [5.41, 5.74) is 4.06. The molecule has 0 bridgehead atoms. The normalized spacial score (nSPS) is 10.8. The molecule has 6 heteroatoms. The Morgan fingerprint density at radius 3 is 2.23 bits per heavy atom. The first-order valence-electron chi connectivity index (χ1n) is 8.28. The molecular formula is C20H17N5O. The van der Waals surface area contributed by atoms with Crippen LogP contribution in [0.4, 0.5) is 5.69 Å². The van der Waals surface area contributed by atoms with E-state index in [-0.39, 0.29) is 11.6 Å². The molecule has 0 aliphatic carbocycles. The number of para-hydroxylation sites is 3. The average Bonchev–Trinajstić information content (AvgIpc) is 2.99. The molecule has 26 heavy (non-hydrogen) atoms. The maximum Gasteiger partial charge on any atom is 0.278 e. The number of aryl methyl sites for hydroxylation is 2. The predicted molar refractivity (Wildman–Crippen MR) is 101 cm³/mol. The number of fused-ring (bicyclic) bond motifs is 1.